The molecule has 0 aliphatic heterocycles. The van der Waals surface area contributed by atoms with Crippen molar-refractivity contribution in [1.82, 2.24) is 4.90 Å². The second-order valence-electron chi connectivity index (χ2n) is 4.84. The summed E-state index contributed by atoms with van der Waals surface area (Å²) in [4.78, 5) is 13.5. The molecule has 0 aromatic heterocycles. The predicted octanol–water partition coefficient (Wildman–Crippen LogP) is 3.60. The van der Waals surface area contributed by atoms with Crippen molar-refractivity contribution in [3.05, 3.63) is 12.7 Å². The Bertz CT molecular complexity index is 218. The molecule has 0 rings (SSSR count). The minimum Gasteiger partial charge on any atom is -0.444 e. The van der Waals surface area contributed by atoms with Crippen LogP contribution in [0, 0.1) is 0 Å². The first-order valence-electron chi connectivity index (χ1n) is 5.99. The van der Waals surface area contributed by atoms with Crippen LogP contribution in [-0.2, 0) is 4.74 Å². The first-order chi connectivity index (χ1) is 7.40. The molecule has 0 atom stereocenters. The third kappa shape index (κ3) is 7.32. The number of nitrogens with zero attached hydrogens (tertiary/aromatic N) is 1. The van der Waals surface area contributed by atoms with Gasteiger partial charge in [-0.05, 0) is 47.0 Å². The van der Waals surface area contributed by atoms with Gasteiger partial charge in [-0.2, -0.15) is 0 Å². The molecule has 0 aliphatic rings. The molecule has 16 heavy (non-hydrogen) atoms. The number of unbranched alkanes of at least 4 members (excludes halogenated alkanes) is 2. The highest BCUT2D eigenvalue weighted by molar-refractivity contribution is 5.68. The fourth-order valence-electron chi connectivity index (χ4n) is 1.30. The van der Waals surface area contributed by atoms with Crippen LogP contribution in [-0.4, -0.2) is 29.7 Å². The number of hydrogen-bond acceptors (Lipinski definition) is 2. The first-order valence-corrected chi connectivity index (χ1v) is 5.99. The summed E-state index contributed by atoms with van der Waals surface area (Å²) in [6.45, 7) is 12.8. The fraction of sp³-hybridized carbons (Fsp3) is 0.769. The molecular weight excluding hydrogens is 202 g/mol. The molecule has 94 valence electrons. The molecule has 3 nitrogen and oxygen atoms in total. The standard InChI is InChI=1S/C13H25NO2/c1-6-8-9-10-11-14(7-2)12(15)16-13(3,4)5/h6H,1,7-11H2,2-5H3. The Morgan fingerprint density at radius 1 is 1.38 bits per heavy atom. The van der Waals surface area contributed by atoms with Crippen LogP contribution < -0.4 is 0 Å². The third-order valence-electron chi connectivity index (χ3n) is 2.12. The molecule has 0 bridgehead atoms. The van der Waals surface area contributed by atoms with E-state index in [1.165, 1.54) is 0 Å². The second kappa shape index (κ2) is 7.31. The van der Waals surface area contributed by atoms with E-state index in [1.807, 2.05) is 33.8 Å². The zero-order valence-corrected chi connectivity index (χ0v) is 11.1. The Morgan fingerprint density at radius 2 is 2.00 bits per heavy atom. The van der Waals surface area contributed by atoms with Gasteiger partial charge in [0.15, 0.2) is 0 Å². The summed E-state index contributed by atoms with van der Waals surface area (Å²) in [6, 6.07) is 0. The van der Waals surface area contributed by atoms with E-state index in [1.54, 1.807) is 4.90 Å². The molecule has 0 radical (unpaired) electrons. The van der Waals surface area contributed by atoms with Crippen molar-refractivity contribution < 1.29 is 9.53 Å². The quantitative estimate of drug-likeness (QED) is 0.512. The lowest BCUT2D eigenvalue weighted by Gasteiger charge is -2.26. The highest BCUT2D eigenvalue weighted by atomic mass is 16.6. The average molecular weight is 227 g/mol. The van der Waals surface area contributed by atoms with Gasteiger partial charge >= 0.3 is 6.09 Å². The number of rotatable bonds is 6. The SMILES string of the molecule is C=CCCCCN(CC)C(=O)OC(C)(C)C. The fourth-order valence-corrected chi connectivity index (χ4v) is 1.30. The summed E-state index contributed by atoms with van der Waals surface area (Å²) in [5.74, 6) is 0. The van der Waals surface area contributed by atoms with E-state index < -0.39 is 5.60 Å². The maximum Gasteiger partial charge on any atom is 0.410 e. The minimum absolute atomic E-state index is 0.214. The normalized spacial score (nSPS) is 11.0. The van der Waals surface area contributed by atoms with Crippen LogP contribution >= 0.6 is 0 Å². The predicted molar refractivity (Wildman–Crippen MR) is 67.5 cm³/mol. The van der Waals surface area contributed by atoms with Crippen LogP contribution in [0.25, 0.3) is 0 Å². The Labute approximate surface area is 99.5 Å². The summed E-state index contributed by atoms with van der Waals surface area (Å²) in [7, 11) is 0. The van der Waals surface area contributed by atoms with Gasteiger partial charge in [-0.15, -0.1) is 6.58 Å². The van der Waals surface area contributed by atoms with Crippen LogP contribution in [0.1, 0.15) is 47.0 Å². The zero-order valence-electron chi connectivity index (χ0n) is 11.1. The number of allylic oxidation sites excluding steroid dienone is 1. The highest BCUT2D eigenvalue weighted by Crippen LogP contribution is 2.10. The van der Waals surface area contributed by atoms with Crippen molar-refractivity contribution in [3.63, 3.8) is 0 Å². The molecule has 1 amide bonds. The van der Waals surface area contributed by atoms with Crippen molar-refractivity contribution in [1.29, 1.82) is 0 Å². The van der Waals surface area contributed by atoms with Crippen LogP contribution in [0.5, 0.6) is 0 Å². The second-order valence-corrected chi connectivity index (χ2v) is 4.84. The van der Waals surface area contributed by atoms with Gasteiger partial charge in [-0.3, -0.25) is 0 Å². The smallest absolute Gasteiger partial charge is 0.410 e. The summed E-state index contributed by atoms with van der Waals surface area (Å²) in [6.07, 6.45) is 4.77. The molecule has 0 heterocycles. The van der Waals surface area contributed by atoms with Crippen molar-refractivity contribution in [2.24, 2.45) is 0 Å². The number of carbonyl (C=O) groups excluding carboxylic acids is 1. The van der Waals surface area contributed by atoms with Gasteiger partial charge < -0.3 is 9.64 Å². The van der Waals surface area contributed by atoms with Crippen LogP contribution in [0.4, 0.5) is 4.79 Å². The Kier molecular flexibility index (Phi) is 6.86. The molecule has 0 N–H and O–H groups in total. The topological polar surface area (TPSA) is 29.5 Å². The van der Waals surface area contributed by atoms with Crippen molar-refractivity contribution >= 4 is 6.09 Å². The lowest BCUT2D eigenvalue weighted by atomic mass is 10.2. The lowest BCUT2D eigenvalue weighted by molar-refractivity contribution is 0.0257. The summed E-state index contributed by atoms with van der Waals surface area (Å²) < 4.78 is 5.31. The average Bonchev–Trinajstić information content (AvgIpc) is 2.15. The van der Waals surface area contributed by atoms with Gasteiger partial charge in [0.2, 0.25) is 0 Å². The maximum absolute atomic E-state index is 11.7. The van der Waals surface area contributed by atoms with E-state index in [-0.39, 0.29) is 6.09 Å². The van der Waals surface area contributed by atoms with Gasteiger partial charge in [-0.1, -0.05) is 6.08 Å². The minimum atomic E-state index is -0.411. The van der Waals surface area contributed by atoms with Crippen LogP contribution in [0.2, 0.25) is 0 Å². The molecule has 0 saturated carbocycles. The Hall–Kier alpha value is -0.990. The van der Waals surface area contributed by atoms with E-state index in [4.69, 9.17) is 4.74 Å². The molecular formula is C13H25NO2. The largest absolute Gasteiger partial charge is 0.444 e. The highest BCUT2D eigenvalue weighted by Gasteiger charge is 2.20. The van der Waals surface area contributed by atoms with Crippen molar-refractivity contribution in [3.8, 4) is 0 Å². The van der Waals surface area contributed by atoms with Gasteiger partial charge in [0.25, 0.3) is 0 Å². The molecule has 0 saturated heterocycles. The summed E-state index contributed by atoms with van der Waals surface area (Å²) in [5, 5.41) is 0. The number of amides is 1. The number of carbonyl (C=O) groups is 1. The molecule has 3 heteroatoms. The van der Waals surface area contributed by atoms with E-state index >= 15 is 0 Å². The maximum atomic E-state index is 11.7. The van der Waals surface area contributed by atoms with E-state index in [9.17, 15) is 4.79 Å². The van der Waals surface area contributed by atoms with Crippen LogP contribution in [0.15, 0.2) is 12.7 Å². The van der Waals surface area contributed by atoms with Gasteiger partial charge in [0.05, 0.1) is 0 Å². The molecule has 0 fully saturated rings. The number of hydrogen-bond donors (Lipinski definition) is 0. The molecule has 0 aromatic carbocycles. The molecule has 0 unspecified atom stereocenters. The Morgan fingerprint density at radius 3 is 2.44 bits per heavy atom. The zero-order chi connectivity index (χ0) is 12.6. The number of ether oxygens (including phenoxy) is 1. The monoisotopic (exact) mass is 227 g/mol. The van der Waals surface area contributed by atoms with Crippen molar-refractivity contribution in [2.45, 2.75) is 52.6 Å². The summed E-state index contributed by atoms with van der Waals surface area (Å²) in [5.41, 5.74) is -0.411. The van der Waals surface area contributed by atoms with Gasteiger partial charge in [-0.25, -0.2) is 4.79 Å². The molecule has 0 spiro atoms. The van der Waals surface area contributed by atoms with E-state index in [2.05, 4.69) is 6.58 Å². The van der Waals surface area contributed by atoms with Crippen molar-refractivity contribution in [2.75, 3.05) is 13.1 Å². The van der Waals surface area contributed by atoms with E-state index in [0.29, 0.717) is 6.54 Å². The molecule has 0 aromatic rings. The first kappa shape index (κ1) is 15.0. The molecule has 0 aliphatic carbocycles. The lowest BCUT2D eigenvalue weighted by Crippen LogP contribution is -2.37. The van der Waals surface area contributed by atoms with E-state index in [0.717, 1.165) is 25.8 Å². The third-order valence-corrected chi connectivity index (χ3v) is 2.12. The van der Waals surface area contributed by atoms with Gasteiger partial charge in [0, 0.05) is 13.1 Å². The van der Waals surface area contributed by atoms with Crippen LogP contribution in [0.3, 0.4) is 0 Å². The van der Waals surface area contributed by atoms with Gasteiger partial charge in [0.1, 0.15) is 5.60 Å². The Balaban J connectivity index is 3.97. The summed E-state index contributed by atoms with van der Waals surface area (Å²) >= 11 is 0.